The lowest BCUT2D eigenvalue weighted by Crippen LogP contribution is -2.37. The molecule has 0 aliphatic carbocycles. The minimum absolute atomic E-state index is 0.0207. The molecule has 1 aliphatic heterocycles. The molecule has 3 rings (SSSR count). The first-order valence-electron chi connectivity index (χ1n) is 8.32. The number of nitrogens with one attached hydrogen (secondary N) is 1. The Balaban J connectivity index is 1.87. The van der Waals surface area contributed by atoms with Crippen LogP contribution < -0.4 is 10.2 Å². The molecule has 0 saturated carbocycles. The van der Waals surface area contributed by atoms with Crippen molar-refractivity contribution in [2.75, 3.05) is 28.3 Å². The van der Waals surface area contributed by atoms with Crippen molar-refractivity contribution in [3.63, 3.8) is 0 Å². The Labute approximate surface area is 157 Å². The van der Waals surface area contributed by atoms with Gasteiger partial charge >= 0.3 is 0 Å². The molecule has 1 fully saturated rings. The van der Waals surface area contributed by atoms with Crippen molar-refractivity contribution in [1.29, 1.82) is 0 Å². The van der Waals surface area contributed by atoms with Gasteiger partial charge in [-0.2, -0.15) is 4.98 Å². The molecule has 0 spiro atoms. The van der Waals surface area contributed by atoms with Gasteiger partial charge in [0.05, 0.1) is 16.5 Å². The number of aromatic nitrogens is 2. The van der Waals surface area contributed by atoms with Gasteiger partial charge in [-0.1, -0.05) is 11.6 Å². The number of benzene rings is 1. The lowest BCUT2D eigenvalue weighted by Gasteiger charge is -2.27. The molecule has 9 heteroatoms. The summed E-state index contributed by atoms with van der Waals surface area (Å²) < 4.78 is 36.9. The van der Waals surface area contributed by atoms with E-state index in [1.54, 1.807) is 12.1 Å². The smallest absolute Gasteiger partial charge is 0.227 e. The summed E-state index contributed by atoms with van der Waals surface area (Å²) in [6.07, 6.45) is 0.573. The van der Waals surface area contributed by atoms with Crippen molar-refractivity contribution in [2.24, 2.45) is 0 Å². The average molecular weight is 399 g/mol. The van der Waals surface area contributed by atoms with Crippen LogP contribution in [0.25, 0.3) is 0 Å². The van der Waals surface area contributed by atoms with Crippen molar-refractivity contribution in [1.82, 2.24) is 9.97 Å². The van der Waals surface area contributed by atoms with Gasteiger partial charge in [0.1, 0.15) is 11.6 Å². The van der Waals surface area contributed by atoms with E-state index in [9.17, 15) is 12.8 Å². The molecule has 0 amide bonds. The molecule has 6 nitrogen and oxygen atoms in total. The topological polar surface area (TPSA) is 75.2 Å². The number of hydrogen-bond donors (Lipinski definition) is 1. The van der Waals surface area contributed by atoms with Gasteiger partial charge in [0.2, 0.25) is 5.95 Å². The van der Waals surface area contributed by atoms with Crippen molar-refractivity contribution >= 4 is 38.9 Å². The quantitative estimate of drug-likeness (QED) is 0.832. The Hall–Kier alpha value is -1.93. The van der Waals surface area contributed by atoms with Gasteiger partial charge in [0.15, 0.2) is 9.84 Å². The van der Waals surface area contributed by atoms with Crippen molar-refractivity contribution in [2.45, 2.75) is 26.3 Å². The van der Waals surface area contributed by atoms with Crippen LogP contribution in [-0.4, -0.2) is 42.5 Å². The van der Waals surface area contributed by atoms with Gasteiger partial charge in [0.25, 0.3) is 0 Å². The molecule has 0 bridgehead atoms. The molecule has 2 heterocycles. The van der Waals surface area contributed by atoms with E-state index in [0.717, 1.165) is 5.69 Å². The van der Waals surface area contributed by atoms with Crippen molar-refractivity contribution in [3.05, 3.63) is 40.8 Å². The predicted molar refractivity (Wildman–Crippen MR) is 102 cm³/mol. The molecular formula is C17H20ClFN4O2S. The largest absolute Gasteiger partial charge is 0.340 e. The Morgan fingerprint density at radius 1 is 1.35 bits per heavy atom. The molecule has 1 N–H and O–H groups in total. The van der Waals surface area contributed by atoms with E-state index in [4.69, 9.17) is 11.6 Å². The summed E-state index contributed by atoms with van der Waals surface area (Å²) in [7, 11) is -3.00. The van der Waals surface area contributed by atoms with Gasteiger partial charge in [-0.05, 0) is 38.5 Å². The Bertz CT molecular complexity index is 923. The SMILES string of the molecule is CCN(c1nc(C)cc(Nc2ccc(F)c(Cl)c2)n1)C1CCS(=O)(=O)C1. The van der Waals surface area contributed by atoms with Gasteiger partial charge in [-0.25, -0.2) is 17.8 Å². The molecular weight excluding hydrogens is 379 g/mol. The molecule has 1 aliphatic rings. The number of nitrogens with zero attached hydrogens (tertiary/aromatic N) is 3. The number of hydrogen-bond acceptors (Lipinski definition) is 6. The molecule has 26 heavy (non-hydrogen) atoms. The van der Waals surface area contributed by atoms with E-state index < -0.39 is 15.7 Å². The van der Waals surface area contributed by atoms with Crippen LogP contribution >= 0.6 is 11.6 Å². The zero-order valence-corrected chi connectivity index (χ0v) is 16.1. The lowest BCUT2D eigenvalue weighted by molar-refractivity contribution is 0.599. The fourth-order valence-corrected chi connectivity index (χ4v) is 4.96. The summed E-state index contributed by atoms with van der Waals surface area (Å²) in [6, 6.07) is 5.97. The number of anilines is 3. The number of sulfone groups is 1. The van der Waals surface area contributed by atoms with E-state index in [0.29, 0.717) is 30.4 Å². The molecule has 1 aromatic heterocycles. The standard InChI is InChI=1S/C17H20ClFN4O2S/c1-3-23(13-6-7-26(24,25)10-13)17-20-11(2)8-16(22-17)21-12-4-5-15(19)14(18)9-12/h4-5,8-9,13H,3,6-7,10H2,1-2H3,(H,20,21,22). The van der Waals surface area contributed by atoms with Crippen LogP contribution in [0, 0.1) is 12.7 Å². The highest BCUT2D eigenvalue weighted by molar-refractivity contribution is 7.91. The molecule has 2 aromatic rings. The predicted octanol–water partition coefficient (Wildman–Crippen LogP) is 3.33. The maximum Gasteiger partial charge on any atom is 0.227 e. The zero-order valence-electron chi connectivity index (χ0n) is 14.5. The first-order chi connectivity index (χ1) is 12.3. The lowest BCUT2D eigenvalue weighted by atomic mass is 10.2. The molecule has 1 atom stereocenters. The van der Waals surface area contributed by atoms with Crippen LogP contribution in [0.3, 0.4) is 0 Å². The van der Waals surface area contributed by atoms with E-state index in [1.807, 2.05) is 18.7 Å². The third-order valence-electron chi connectivity index (χ3n) is 4.28. The highest BCUT2D eigenvalue weighted by atomic mass is 35.5. The number of aryl methyl sites for hydroxylation is 1. The van der Waals surface area contributed by atoms with Crippen LogP contribution in [0.1, 0.15) is 19.0 Å². The van der Waals surface area contributed by atoms with Crippen LogP contribution in [-0.2, 0) is 9.84 Å². The highest BCUT2D eigenvalue weighted by Crippen LogP contribution is 2.25. The normalized spacial score (nSPS) is 18.7. The minimum Gasteiger partial charge on any atom is -0.340 e. The summed E-state index contributed by atoms with van der Waals surface area (Å²) in [4.78, 5) is 10.9. The van der Waals surface area contributed by atoms with Crippen LogP contribution in [0.5, 0.6) is 0 Å². The minimum atomic E-state index is -3.00. The molecule has 1 unspecified atom stereocenters. The first kappa shape index (κ1) is 18.8. The second-order valence-corrected chi connectivity index (χ2v) is 8.93. The van der Waals surface area contributed by atoms with E-state index in [2.05, 4.69) is 15.3 Å². The van der Waals surface area contributed by atoms with Gasteiger partial charge < -0.3 is 10.2 Å². The van der Waals surface area contributed by atoms with Crippen LogP contribution in [0.2, 0.25) is 5.02 Å². The maximum atomic E-state index is 13.3. The first-order valence-corrected chi connectivity index (χ1v) is 10.5. The highest BCUT2D eigenvalue weighted by Gasteiger charge is 2.33. The maximum absolute atomic E-state index is 13.3. The Morgan fingerprint density at radius 3 is 2.73 bits per heavy atom. The summed E-state index contributed by atoms with van der Waals surface area (Å²) in [5.41, 5.74) is 1.34. The molecule has 1 saturated heterocycles. The monoisotopic (exact) mass is 398 g/mol. The van der Waals surface area contributed by atoms with Gasteiger partial charge in [0, 0.05) is 30.0 Å². The second-order valence-electron chi connectivity index (χ2n) is 6.29. The number of rotatable bonds is 5. The Morgan fingerprint density at radius 2 is 2.12 bits per heavy atom. The third kappa shape index (κ3) is 4.24. The van der Waals surface area contributed by atoms with Crippen LogP contribution in [0.15, 0.2) is 24.3 Å². The second kappa shape index (κ2) is 7.36. The fraction of sp³-hybridized carbons (Fsp3) is 0.412. The van der Waals surface area contributed by atoms with Crippen LogP contribution in [0.4, 0.5) is 21.8 Å². The molecule has 1 aromatic carbocycles. The summed E-state index contributed by atoms with van der Waals surface area (Å²) >= 11 is 5.82. The zero-order chi connectivity index (χ0) is 18.9. The summed E-state index contributed by atoms with van der Waals surface area (Å²) in [5, 5.41) is 3.11. The summed E-state index contributed by atoms with van der Waals surface area (Å²) in [5.74, 6) is 0.837. The molecule has 0 radical (unpaired) electrons. The van der Waals surface area contributed by atoms with E-state index in [1.165, 1.54) is 12.1 Å². The van der Waals surface area contributed by atoms with E-state index >= 15 is 0 Å². The van der Waals surface area contributed by atoms with Gasteiger partial charge in [-0.15, -0.1) is 0 Å². The van der Waals surface area contributed by atoms with Crippen molar-refractivity contribution in [3.8, 4) is 0 Å². The fourth-order valence-electron chi connectivity index (χ4n) is 3.05. The average Bonchev–Trinajstić information content (AvgIpc) is 2.91. The molecule has 140 valence electrons. The van der Waals surface area contributed by atoms with Gasteiger partial charge in [-0.3, -0.25) is 0 Å². The third-order valence-corrected chi connectivity index (χ3v) is 6.32. The number of halogens is 2. The summed E-state index contributed by atoms with van der Waals surface area (Å²) in [6.45, 7) is 4.39. The Kier molecular flexibility index (Phi) is 5.34. The van der Waals surface area contributed by atoms with E-state index in [-0.39, 0.29) is 22.6 Å². The van der Waals surface area contributed by atoms with Crippen molar-refractivity contribution < 1.29 is 12.8 Å².